The van der Waals surface area contributed by atoms with Crippen LogP contribution in [0.3, 0.4) is 0 Å². The second kappa shape index (κ2) is 7.66. The van der Waals surface area contributed by atoms with E-state index >= 15 is 0 Å². The topological polar surface area (TPSA) is 82.6 Å². The van der Waals surface area contributed by atoms with Gasteiger partial charge in [0, 0.05) is 49.6 Å². The molecule has 1 aromatic heterocycles. The van der Waals surface area contributed by atoms with Gasteiger partial charge in [-0.3, -0.25) is 9.88 Å². The van der Waals surface area contributed by atoms with Crippen molar-refractivity contribution in [3.8, 4) is 0 Å². The number of aliphatic hydroxyl groups is 2. The summed E-state index contributed by atoms with van der Waals surface area (Å²) in [6.07, 6.45) is 5.41. The lowest BCUT2D eigenvalue weighted by molar-refractivity contribution is 0.151. The highest BCUT2D eigenvalue weighted by atomic mass is 32.2. The van der Waals surface area contributed by atoms with Crippen molar-refractivity contribution in [1.29, 1.82) is 0 Å². The molecular weight excluding hydrogens is 310 g/mol. The zero-order chi connectivity index (χ0) is 16.2. The Morgan fingerprint density at radius 2 is 2.26 bits per heavy atom. The first kappa shape index (κ1) is 16.8. The highest BCUT2D eigenvalue weighted by Gasteiger charge is 2.32. The number of fused-ring (bicyclic) bond motifs is 1. The fourth-order valence-electron chi connectivity index (χ4n) is 3.34. The van der Waals surface area contributed by atoms with E-state index in [1.165, 1.54) is 5.57 Å². The van der Waals surface area contributed by atoms with E-state index in [-0.39, 0.29) is 12.7 Å². The Balaban J connectivity index is 1.54. The van der Waals surface area contributed by atoms with E-state index in [0.717, 1.165) is 60.9 Å². The molecule has 0 radical (unpaired) electrons. The zero-order valence-electron chi connectivity index (χ0n) is 13.3. The van der Waals surface area contributed by atoms with Crippen molar-refractivity contribution in [3.63, 3.8) is 0 Å². The highest BCUT2D eigenvalue weighted by molar-refractivity contribution is 7.99. The fourth-order valence-corrected chi connectivity index (χ4v) is 4.47. The van der Waals surface area contributed by atoms with Gasteiger partial charge in [0.15, 0.2) is 0 Å². The van der Waals surface area contributed by atoms with E-state index in [1.54, 1.807) is 6.20 Å². The summed E-state index contributed by atoms with van der Waals surface area (Å²) in [5.74, 6) is 2.23. The third kappa shape index (κ3) is 3.88. The molecule has 1 aliphatic heterocycles. The first-order valence-electron chi connectivity index (χ1n) is 8.21. The van der Waals surface area contributed by atoms with Crippen molar-refractivity contribution in [2.45, 2.75) is 18.9 Å². The number of thioether (sulfide) groups is 1. The van der Waals surface area contributed by atoms with Crippen LogP contribution in [0.1, 0.15) is 17.7 Å². The smallest absolute Gasteiger partial charge is 0.0727 e. The molecule has 2 heterocycles. The standard InChI is InChI=1S/C17H25N3O2S/c18-15-4-5-19-17-12(2-3-14(15)17)8-20-9-13(16(22)10-20)11-23-7-1-6-21/h2,4-5,13,16,21-22H,1,3,6-11H2,(H2,18,19)/t13-,16?/m1/s1. The van der Waals surface area contributed by atoms with Gasteiger partial charge in [-0.25, -0.2) is 0 Å². The number of nitrogens with zero attached hydrogens (tertiary/aromatic N) is 2. The second-order valence-corrected chi connectivity index (χ2v) is 7.48. The molecule has 0 spiro atoms. The number of aliphatic hydroxyl groups excluding tert-OH is 2. The van der Waals surface area contributed by atoms with Crippen molar-refractivity contribution in [1.82, 2.24) is 9.88 Å². The molecule has 6 heteroatoms. The predicted molar refractivity (Wildman–Crippen MR) is 95.3 cm³/mol. The van der Waals surface area contributed by atoms with E-state index in [4.69, 9.17) is 10.8 Å². The summed E-state index contributed by atoms with van der Waals surface area (Å²) in [7, 11) is 0. The molecule has 5 nitrogen and oxygen atoms in total. The van der Waals surface area contributed by atoms with Crippen molar-refractivity contribution in [3.05, 3.63) is 29.6 Å². The maximum absolute atomic E-state index is 10.3. The molecule has 0 bridgehead atoms. The molecule has 0 amide bonds. The summed E-state index contributed by atoms with van der Waals surface area (Å²) in [5.41, 5.74) is 10.2. The number of aromatic nitrogens is 1. The quantitative estimate of drug-likeness (QED) is 0.645. The van der Waals surface area contributed by atoms with Crippen LogP contribution >= 0.6 is 11.8 Å². The van der Waals surface area contributed by atoms with Crippen LogP contribution in [0.15, 0.2) is 18.3 Å². The summed E-state index contributed by atoms with van der Waals surface area (Å²) >= 11 is 1.82. The molecule has 4 N–H and O–H groups in total. The third-order valence-corrected chi connectivity index (χ3v) is 5.84. The van der Waals surface area contributed by atoms with Crippen LogP contribution in [0.5, 0.6) is 0 Å². The van der Waals surface area contributed by atoms with Crippen LogP contribution in [0, 0.1) is 5.92 Å². The molecule has 1 fully saturated rings. The summed E-state index contributed by atoms with van der Waals surface area (Å²) < 4.78 is 0. The first-order chi connectivity index (χ1) is 11.2. The average molecular weight is 335 g/mol. The van der Waals surface area contributed by atoms with Crippen LogP contribution in [-0.2, 0) is 6.42 Å². The number of β-amino-alcohol motifs (C(OH)–C–C–N with tert-alkyl or cyclic N) is 1. The van der Waals surface area contributed by atoms with E-state index in [1.807, 2.05) is 17.8 Å². The molecule has 0 aromatic carbocycles. The molecular formula is C17H25N3O2S. The minimum Gasteiger partial charge on any atom is -0.398 e. The Kier molecular flexibility index (Phi) is 5.58. The van der Waals surface area contributed by atoms with Gasteiger partial charge in [0.05, 0.1) is 11.8 Å². The number of allylic oxidation sites excluding steroid dienone is 1. The molecule has 2 aliphatic rings. The SMILES string of the molecule is Nc1ccnc2c1CC=C2CN1CC(O)[C@@H](CSCCCO)C1. The normalized spacial score (nSPS) is 24.0. The van der Waals surface area contributed by atoms with E-state index in [9.17, 15) is 5.11 Å². The minimum atomic E-state index is -0.257. The minimum absolute atomic E-state index is 0.246. The van der Waals surface area contributed by atoms with Crippen molar-refractivity contribution in [2.24, 2.45) is 5.92 Å². The first-order valence-corrected chi connectivity index (χ1v) is 9.36. The van der Waals surface area contributed by atoms with Crippen LogP contribution in [0.25, 0.3) is 5.57 Å². The maximum Gasteiger partial charge on any atom is 0.0727 e. The molecule has 1 aliphatic carbocycles. The molecule has 2 atom stereocenters. The molecule has 126 valence electrons. The lowest BCUT2D eigenvalue weighted by Gasteiger charge is -2.17. The lowest BCUT2D eigenvalue weighted by Crippen LogP contribution is -2.24. The maximum atomic E-state index is 10.3. The van der Waals surface area contributed by atoms with Gasteiger partial charge in [-0.1, -0.05) is 6.08 Å². The number of pyridine rings is 1. The van der Waals surface area contributed by atoms with Crippen molar-refractivity contribution in [2.75, 3.05) is 43.5 Å². The summed E-state index contributed by atoms with van der Waals surface area (Å²) in [5, 5.41) is 19.1. The highest BCUT2D eigenvalue weighted by Crippen LogP contribution is 2.31. The predicted octanol–water partition coefficient (Wildman–Crippen LogP) is 1.01. The molecule has 0 saturated carbocycles. The Hall–Kier alpha value is -1.08. The molecule has 1 unspecified atom stereocenters. The monoisotopic (exact) mass is 335 g/mol. The van der Waals surface area contributed by atoms with E-state index < -0.39 is 0 Å². The number of hydrogen-bond acceptors (Lipinski definition) is 6. The fraction of sp³-hybridized carbons (Fsp3) is 0.588. The van der Waals surface area contributed by atoms with Crippen LogP contribution in [-0.4, -0.2) is 63.9 Å². The summed E-state index contributed by atoms with van der Waals surface area (Å²) in [6, 6.07) is 1.86. The number of nitrogen functional groups attached to an aromatic ring is 1. The largest absolute Gasteiger partial charge is 0.398 e. The molecule has 1 aromatic rings. The van der Waals surface area contributed by atoms with Gasteiger partial charge in [0.2, 0.25) is 0 Å². The van der Waals surface area contributed by atoms with Gasteiger partial charge in [0.25, 0.3) is 0 Å². The Morgan fingerprint density at radius 1 is 1.39 bits per heavy atom. The van der Waals surface area contributed by atoms with Crippen LogP contribution in [0.2, 0.25) is 0 Å². The third-order valence-electron chi connectivity index (χ3n) is 4.60. The zero-order valence-corrected chi connectivity index (χ0v) is 14.1. The average Bonchev–Trinajstić information content (AvgIpc) is 3.09. The Morgan fingerprint density at radius 3 is 3.09 bits per heavy atom. The molecule has 23 heavy (non-hydrogen) atoms. The van der Waals surface area contributed by atoms with Gasteiger partial charge < -0.3 is 15.9 Å². The molecule has 3 rings (SSSR count). The van der Waals surface area contributed by atoms with Gasteiger partial charge in [-0.15, -0.1) is 0 Å². The number of nitrogens with two attached hydrogens (primary N) is 1. The van der Waals surface area contributed by atoms with E-state index in [2.05, 4.69) is 16.0 Å². The van der Waals surface area contributed by atoms with Crippen LogP contribution in [0.4, 0.5) is 5.69 Å². The number of rotatable bonds is 7. The Labute approximate surface area is 141 Å². The van der Waals surface area contributed by atoms with Crippen molar-refractivity contribution < 1.29 is 10.2 Å². The van der Waals surface area contributed by atoms with E-state index in [0.29, 0.717) is 5.92 Å². The summed E-state index contributed by atoms with van der Waals surface area (Å²) in [6.45, 7) is 2.72. The van der Waals surface area contributed by atoms with Gasteiger partial charge in [-0.2, -0.15) is 11.8 Å². The number of likely N-dealkylation sites (tertiary alicyclic amines) is 1. The van der Waals surface area contributed by atoms with Gasteiger partial charge in [0.1, 0.15) is 0 Å². The Bertz CT molecular complexity index is 579. The molecule has 1 saturated heterocycles. The number of anilines is 1. The van der Waals surface area contributed by atoms with Crippen LogP contribution < -0.4 is 5.73 Å². The summed E-state index contributed by atoms with van der Waals surface area (Å²) in [4.78, 5) is 6.80. The van der Waals surface area contributed by atoms with Gasteiger partial charge in [-0.05, 0) is 36.0 Å². The number of hydrogen-bond donors (Lipinski definition) is 3. The lowest BCUT2D eigenvalue weighted by atomic mass is 10.1. The van der Waals surface area contributed by atoms with Crippen molar-refractivity contribution >= 4 is 23.0 Å². The van der Waals surface area contributed by atoms with Gasteiger partial charge >= 0.3 is 0 Å². The second-order valence-electron chi connectivity index (χ2n) is 6.33.